The Labute approximate surface area is 152 Å². The van der Waals surface area contributed by atoms with E-state index in [-0.39, 0.29) is 18.4 Å². The van der Waals surface area contributed by atoms with Gasteiger partial charge in [-0.2, -0.15) is 0 Å². The Morgan fingerprint density at radius 2 is 1.65 bits per heavy atom. The first-order valence-electron chi connectivity index (χ1n) is 7.94. The molecule has 0 unspecified atom stereocenters. The second kappa shape index (κ2) is 8.66. The number of carbonyl (C=O) groups is 3. The van der Waals surface area contributed by atoms with Gasteiger partial charge in [0.05, 0.1) is 19.2 Å². The largest absolute Gasteiger partial charge is 0.465 e. The van der Waals surface area contributed by atoms with Crippen LogP contribution in [0.1, 0.15) is 20.7 Å². The first-order valence-corrected chi connectivity index (χ1v) is 7.94. The van der Waals surface area contributed by atoms with Gasteiger partial charge in [-0.3, -0.25) is 9.59 Å². The lowest BCUT2D eigenvalue weighted by atomic mass is 10.2. The van der Waals surface area contributed by atoms with Crippen molar-refractivity contribution < 1.29 is 19.1 Å². The third-order valence-electron chi connectivity index (χ3n) is 3.56. The second-order valence-electron chi connectivity index (χ2n) is 5.75. The number of nitrogens with one attached hydrogen (secondary N) is 2. The van der Waals surface area contributed by atoms with Gasteiger partial charge in [-0.1, -0.05) is 6.07 Å². The van der Waals surface area contributed by atoms with Gasteiger partial charge < -0.3 is 20.3 Å². The quantitative estimate of drug-likeness (QED) is 0.776. The van der Waals surface area contributed by atoms with Crippen molar-refractivity contribution in [1.82, 2.24) is 4.90 Å². The second-order valence-corrected chi connectivity index (χ2v) is 5.75. The lowest BCUT2D eigenvalue weighted by Crippen LogP contribution is -2.23. The van der Waals surface area contributed by atoms with Crippen LogP contribution in [-0.2, 0) is 9.53 Å². The molecule has 2 aromatic carbocycles. The van der Waals surface area contributed by atoms with Gasteiger partial charge in [0, 0.05) is 31.0 Å². The van der Waals surface area contributed by atoms with Crippen LogP contribution < -0.4 is 10.6 Å². The van der Waals surface area contributed by atoms with Crippen molar-refractivity contribution in [2.24, 2.45) is 0 Å². The number of rotatable bonds is 6. The number of hydrogen-bond donors (Lipinski definition) is 2. The predicted molar refractivity (Wildman–Crippen MR) is 99.4 cm³/mol. The molecule has 0 saturated heterocycles. The zero-order chi connectivity index (χ0) is 19.1. The maximum absolute atomic E-state index is 12.1. The number of amides is 2. The maximum Gasteiger partial charge on any atom is 0.337 e. The van der Waals surface area contributed by atoms with Crippen molar-refractivity contribution in [2.45, 2.75) is 0 Å². The van der Waals surface area contributed by atoms with Crippen LogP contribution >= 0.6 is 0 Å². The van der Waals surface area contributed by atoms with E-state index >= 15 is 0 Å². The first kappa shape index (κ1) is 19.0. The molecule has 0 radical (unpaired) electrons. The van der Waals surface area contributed by atoms with E-state index in [0.29, 0.717) is 22.5 Å². The Bertz CT molecular complexity index is 801. The lowest BCUT2D eigenvalue weighted by molar-refractivity contribution is -0.114. The molecule has 2 amide bonds. The molecule has 2 aromatic rings. The Morgan fingerprint density at radius 3 is 2.27 bits per heavy atom. The third kappa shape index (κ3) is 5.07. The van der Waals surface area contributed by atoms with E-state index in [1.807, 2.05) is 0 Å². The Hall–Kier alpha value is -3.35. The van der Waals surface area contributed by atoms with E-state index in [0.717, 1.165) is 0 Å². The smallest absolute Gasteiger partial charge is 0.337 e. The molecular formula is C19H21N3O4. The number of methoxy groups -OCH3 is 1. The summed E-state index contributed by atoms with van der Waals surface area (Å²) in [6.45, 7) is 0.0451. The highest BCUT2D eigenvalue weighted by atomic mass is 16.5. The molecule has 0 spiro atoms. The number of ether oxygens (including phenoxy) is 1. The van der Waals surface area contributed by atoms with E-state index in [2.05, 4.69) is 15.4 Å². The van der Waals surface area contributed by atoms with Crippen molar-refractivity contribution in [2.75, 3.05) is 38.4 Å². The van der Waals surface area contributed by atoms with E-state index in [1.165, 1.54) is 12.0 Å². The highest BCUT2D eigenvalue weighted by molar-refractivity contribution is 5.98. The van der Waals surface area contributed by atoms with Crippen molar-refractivity contribution in [3.8, 4) is 0 Å². The van der Waals surface area contributed by atoms with Crippen molar-refractivity contribution >= 4 is 29.2 Å². The summed E-state index contributed by atoms with van der Waals surface area (Å²) >= 11 is 0. The lowest BCUT2D eigenvalue weighted by Gasteiger charge is -2.12. The van der Waals surface area contributed by atoms with Crippen LogP contribution in [0.2, 0.25) is 0 Å². The summed E-state index contributed by atoms with van der Waals surface area (Å²) in [6, 6.07) is 13.4. The molecule has 2 rings (SSSR count). The minimum Gasteiger partial charge on any atom is -0.465 e. The van der Waals surface area contributed by atoms with Crippen LogP contribution in [0.5, 0.6) is 0 Å². The molecule has 0 heterocycles. The molecule has 0 fully saturated rings. The summed E-state index contributed by atoms with van der Waals surface area (Å²) in [4.78, 5) is 36.9. The number of nitrogens with zero attached hydrogens (tertiary/aromatic N) is 1. The number of anilines is 2. The minimum atomic E-state index is -0.415. The van der Waals surface area contributed by atoms with Crippen LogP contribution in [0.25, 0.3) is 0 Å². The summed E-state index contributed by atoms with van der Waals surface area (Å²) in [6.07, 6.45) is 0. The zero-order valence-electron chi connectivity index (χ0n) is 14.9. The zero-order valence-corrected chi connectivity index (χ0v) is 14.9. The Morgan fingerprint density at radius 1 is 0.962 bits per heavy atom. The minimum absolute atomic E-state index is 0.0451. The van der Waals surface area contributed by atoms with E-state index in [4.69, 9.17) is 0 Å². The van der Waals surface area contributed by atoms with E-state index in [9.17, 15) is 14.4 Å². The van der Waals surface area contributed by atoms with Gasteiger partial charge >= 0.3 is 5.97 Å². The van der Waals surface area contributed by atoms with Gasteiger partial charge in [0.2, 0.25) is 5.91 Å². The third-order valence-corrected chi connectivity index (χ3v) is 3.56. The molecule has 136 valence electrons. The molecule has 0 aliphatic rings. The van der Waals surface area contributed by atoms with Crippen LogP contribution in [0.15, 0.2) is 48.5 Å². The molecule has 7 nitrogen and oxygen atoms in total. The first-order chi connectivity index (χ1) is 12.4. The number of hydrogen-bond acceptors (Lipinski definition) is 5. The van der Waals surface area contributed by atoms with Crippen LogP contribution in [0.3, 0.4) is 0 Å². The van der Waals surface area contributed by atoms with Crippen LogP contribution in [-0.4, -0.2) is 50.4 Å². The Balaban J connectivity index is 1.92. The fourth-order valence-electron chi connectivity index (χ4n) is 2.22. The molecule has 7 heteroatoms. The molecule has 0 saturated carbocycles. The van der Waals surface area contributed by atoms with Crippen molar-refractivity contribution in [3.63, 3.8) is 0 Å². The van der Waals surface area contributed by atoms with Gasteiger partial charge in [-0.15, -0.1) is 0 Å². The molecule has 2 N–H and O–H groups in total. The standard InChI is InChI=1S/C19H21N3O4/c1-22(2)18(24)14-5-4-6-16(11-14)21-17(23)12-20-15-9-7-13(8-10-15)19(25)26-3/h4-11,20H,12H2,1-3H3,(H,21,23). The fraction of sp³-hybridized carbons (Fsp3) is 0.211. The topological polar surface area (TPSA) is 87.7 Å². The van der Waals surface area contributed by atoms with Gasteiger partial charge in [0.25, 0.3) is 5.91 Å². The highest BCUT2D eigenvalue weighted by Crippen LogP contribution is 2.13. The SMILES string of the molecule is COC(=O)c1ccc(NCC(=O)Nc2cccc(C(=O)N(C)C)c2)cc1. The summed E-state index contributed by atoms with van der Waals surface area (Å²) in [5.41, 5.74) is 2.18. The highest BCUT2D eigenvalue weighted by Gasteiger charge is 2.10. The molecule has 0 aromatic heterocycles. The van der Waals surface area contributed by atoms with Gasteiger partial charge in [-0.05, 0) is 42.5 Å². The summed E-state index contributed by atoms with van der Waals surface area (Å²) < 4.78 is 4.63. The molecule has 0 aliphatic carbocycles. The monoisotopic (exact) mass is 355 g/mol. The number of esters is 1. The molecule has 0 atom stereocenters. The summed E-state index contributed by atoms with van der Waals surface area (Å²) in [5, 5.41) is 5.70. The Kier molecular flexibility index (Phi) is 6.32. The summed E-state index contributed by atoms with van der Waals surface area (Å²) in [5.74, 6) is -0.803. The van der Waals surface area contributed by atoms with Gasteiger partial charge in [0.15, 0.2) is 0 Å². The van der Waals surface area contributed by atoms with Gasteiger partial charge in [-0.25, -0.2) is 4.79 Å². The molecule has 26 heavy (non-hydrogen) atoms. The maximum atomic E-state index is 12.1. The van der Waals surface area contributed by atoms with Crippen LogP contribution in [0.4, 0.5) is 11.4 Å². The van der Waals surface area contributed by atoms with Crippen molar-refractivity contribution in [3.05, 3.63) is 59.7 Å². The van der Waals surface area contributed by atoms with E-state index in [1.54, 1.807) is 62.6 Å². The normalized spacial score (nSPS) is 9.96. The van der Waals surface area contributed by atoms with Crippen LogP contribution in [0, 0.1) is 0 Å². The van der Waals surface area contributed by atoms with Gasteiger partial charge in [0.1, 0.15) is 0 Å². The van der Waals surface area contributed by atoms with E-state index < -0.39 is 5.97 Å². The van der Waals surface area contributed by atoms with Crippen molar-refractivity contribution in [1.29, 1.82) is 0 Å². The molecular weight excluding hydrogens is 334 g/mol. The predicted octanol–water partition coefficient (Wildman–Crippen LogP) is 2.23. The fourth-order valence-corrected chi connectivity index (χ4v) is 2.22. The summed E-state index contributed by atoms with van der Waals surface area (Å²) in [7, 11) is 4.66. The number of carbonyl (C=O) groups excluding carboxylic acids is 3. The number of benzene rings is 2. The molecule has 0 aliphatic heterocycles. The molecule has 0 bridgehead atoms. The average molecular weight is 355 g/mol. The average Bonchev–Trinajstić information content (AvgIpc) is 2.65.